The second-order valence-corrected chi connectivity index (χ2v) is 4.01. The first-order valence-electron chi connectivity index (χ1n) is 5.66. The molecular weight excluding hydrogens is 232 g/mol. The van der Waals surface area contributed by atoms with Crippen LogP contribution in [0.2, 0.25) is 0 Å². The molecule has 7 nitrogen and oxygen atoms in total. The summed E-state index contributed by atoms with van der Waals surface area (Å²) in [4.78, 5) is 17.0. The molecule has 0 unspecified atom stereocenters. The van der Waals surface area contributed by atoms with E-state index in [0.717, 1.165) is 5.69 Å². The summed E-state index contributed by atoms with van der Waals surface area (Å²) in [5.74, 6) is 0.588. The molecule has 100 valence electrons. The van der Waals surface area contributed by atoms with Crippen molar-refractivity contribution in [2.24, 2.45) is 12.0 Å². The zero-order valence-corrected chi connectivity index (χ0v) is 11.3. The molecule has 2 N–H and O–H groups in total. The Hall–Kier alpha value is -2.05. The van der Waals surface area contributed by atoms with Gasteiger partial charge in [-0.05, 0) is 6.07 Å². The maximum atomic E-state index is 11.4. The largest absolute Gasteiger partial charge is 0.351 e. The van der Waals surface area contributed by atoms with Crippen molar-refractivity contribution < 1.29 is 4.79 Å². The zero-order valence-electron chi connectivity index (χ0n) is 11.3. The van der Waals surface area contributed by atoms with E-state index < -0.39 is 0 Å². The van der Waals surface area contributed by atoms with E-state index in [0.29, 0.717) is 12.5 Å². The summed E-state index contributed by atoms with van der Waals surface area (Å²) in [5, 5.41) is 10.1. The number of rotatable bonds is 4. The van der Waals surface area contributed by atoms with Crippen LogP contribution in [-0.4, -0.2) is 54.2 Å². The van der Waals surface area contributed by atoms with E-state index in [1.807, 2.05) is 13.1 Å². The van der Waals surface area contributed by atoms with Gasteiger partial charge in [0.05, 0.1) is 18.8 Å². The van der Waals surface area contributed by atoms with Gasteiger partial charge >= 0.3 is 0 Å². The molecule has 18 heavy (non-hydrogen) atoms. The Bertz CT molecular complexity index is 423. The summed E-state index contributed by atoms with van der Waals surface area (Å²) < 4.78 is 1.78. The van der Waals surface area contributed by atoms with Gasteiger partial charge in [0.25, 0.3) is 0 Å². The molecule has 0 aliphatic carbocycles. The first-order valence-corrected chi connectivity index (χ1v) is 5.66. The van der Waals surface area contributed by atoms with Gasteiger partial charge in [-0.15, -0.1) is 0 Å². The molecule has 0 aliphatic heterocycles. The van der Waals surface area contributed by atoms with Crippen LogP contribution in [0.4, 0.5) is 0 Å². The predicted octanol–water partition coefficient (Wildman–Crippen LogP) is -0.827. The second-order valence-electron chi connectivity index (χ2n) is 4.01. The number of likely N-dealkylation sites (N-methyl/N-ethyl adjacent to an activating group) is 1. The Kier molecular flexibility index (Phi) is 5.16. The van der Waals surface area contributed by atoms with E-state index in [4.69, 9.17) is 0 Å². The first-order chi connectivity index (χ1) is 8.54. The minimum atomic E-state index is -0.00140. The minimum Gasteiger partial charge on any atom is -0.351 e. The predicted molar refractivity (Wildman–Crippen MR) is 70.1 cm³/mol. The van der Waals surface area contributed by atoms with Crippen molar-refractivity contribution in [2.45, 2.75) is 6.54 Å². The number of hydrogen-bond acceptors (Lipinski definition) is 3. The molecule has 1 heterocycles. The van der Waals surface area contributed by atoms with Crippen LogP contribution in [0.3, 0.4) is 0 Å². The Morgan fingerprint density at radius 1 is 1.50 bits per heavy atom. The van der Waals surface area contributed by atoms with Crippen LogP contribution in [0.15, 0.2) is 17.3 Å². The molecule has 1 rings (SSSR count). The quantitative estimate of drug-likeness (QED) is 0.542. The van der Waals surface area contributed by atoms with E-state index in [-0.39, 0.29) is 12.5 Å². The Balaban J connectivity index is 2.40. The highest BCUT2D eigenvalue weighted by Crippen LogP contribution is 1.94. The molecule has 0 aliphatic rings. The number of guanidine groups is 1. The number of aryl methyl sites for hydroxylation is 1. The molecule has 0 spiro atoms. The molecule has 0 aromatic carbocycles. The summed E-state index contributed by atoms with van der Waals surface area (Å²) in [6.07, 6.45) is 1.74. The average molecular weight is 252 g/mol. The van der Waals surface area contributed by atoms with Gasteiger partial charge in [0.1, 0.15) is 0 Å². The lowest BCUT2D eigenvalue weighted by atomic mass is 10.4. The zero-order chi connectivity index (χ0) is 13.5. The third kappa shape index (κ3) is 4.08. The van der Waals surface area contributed by atoms with Crippen LogP contribution < -0.4 is 10.6 Å². The molecular formula is C11H20N6O. The third-order valence-electron chi connectivity index (χ3n) is 2.49. The van der Waals surface area contributed by atoms with Crippen LogP contribution in [-0.2, 0) is 18.4 Å². The smallest absolute Gasteiger partial charge is 0.241 e. The lowest BCUT2D eigenvalue weighted by Gasteiger charge is -2.14. The Labute approximate surface area is 107 Å². The number of hydrogen-bond donors (Lipinski definition) is 2. The lowest BCUT2D eigenvalue weighted by molar-refractivity contribution is -0.127. The van der Waals surface area contributed by atoms with E-state index in [1.165, 1.54) is 4.90 Å². The number of carbonyl (C=O) groups is 1. The highest BCUT2D eigenvalue weighted by molar-refractivity contribution is 5.86. The van der Waals surface area contributed by atoms with Crippen molar-refractivity contribution in [1.82, 2.24) is 25.3 Å². The molecule has 1 amide bonds. The van der Waals surface area contributed by atoms with Crippen molar-refractivity contribution in [2.75, 3.05) is 27.7 Å². The normalized spacial score (nSPS) is 11.2. The minimum absolute atomic E-state index is 0.00140. The fourth-order valence-corrected chi connectivity index (χ4v) is 1.29. The van der Waals surface area contributed by atoms with Gasteiger partial charge in [0, 0.05) is 34.4 Å². The summed E-state index contributed by atoms with van der Waals surface area (Å²) in [6.45, 7) is 0.824. The van der Waals surface area contributed by atoms with Crippen LogP contribution in [0.1, 0.15) is 5.69 Å². The highest BCUT2D eigenvalue weighted by atomic mass is 16.2. The SMILES string of the molecule is CN=C(NCC(=O)N(C)C)NCc1ccnn1C. The standard InChI is InChI=1S/C11H20N6O/c1-12-11(14-8-10(18)16(2)3)13-7-9-5-6-15-17(9)4/h5-6H,7-8H2,1-4H3,(H2,12,13,14). The lowest BCUT2D eigenvalue weighted by Crippen LogP contribution is -2.42. The summed E-state index contributed by atoms with van der Waals surface area (Å²) in [6, 6.07) is 1.92. The molecule has 1 aromatic rings. The topological polar surface area (TPSA) is 74.6 Å². The van der Waals surface area contributed by atoms with Gasteiger partial charge < -0.3 is 15.5 Å². The van der Waals surface area contributed by atoms with Crippen molar-refractivity contribution >= 4 is 11.9 Å². The maximum absolute atomic E-state index is 11.4. The van der Waals surface area contributed by atoms with Crippen molar-refractivity contribution in [3.05, 3.63) is 18.0 Å². The average Bonchev–Trinajstić information content (AvgIpc) is 2.74. The van der Waals surface area contributed by atoms with Crippen LogP contribution >= 0.6 is 0 Å². The van der Waals surface area contributed by atoms with Crippen LogP contribution in [0.5, 0.6) is 0 Å². The Morgan fingerprint density at radius 3 is 2.72 bits per heavy atom. The first kappa shape index (κ1) is 14.0. The van der Waals surface area contributed by atoms with E-state index >= 15 is 0 Å². The number of aliphatic imine (C=N–C) groups is 1. The van der Waals surface area contributed by atoms with Crippen LogP contribution in [0, 0.1) is 0 Å². The third-order valence-corrected chi connectivity index (χ3v) is 2.49. The van der Waals surface area contributed by atoms with Crippen molar-refractivity contribution in [3.63, 3.8) is 0 Å². The molecule has 0 saturated carbocycles. The van der Waals surface area contributed by atoms with E-state index in [1.54, 1.807) is 32.0 Å². The fourth-order valence-electron chi connectivity index (χ4n) is 1.29. The molecule has 0 radical (unpaired) electrons. The monoisotopic (exact) mass is 252 g/mol. The number of amides is 1. The van der Waals surface area contributed by atoms with E-state index in [2.05, 4.69) is 20.7 Å². The van der Waals surface area contributed by atoms with Crippen LogP contribution in [0.25, 0.3) is 0 Å². The van der Waals surface area contributed by atoms with Crippen molar-refractivity contribution in [1.29, 1.82) is 0 Å². The molecule has 0 atom stereocenters. The van der Waals surface area contributed by atoms with E-state index in [9.17, 15) is 4.79 Å². The molecule has 1 aromatic heterocycles. The van der Waals surface area contributed by atoms with Gasteiger partial charge in [-0.2, -0.15) is 5.10 Å². The molecule has 0 fully saturated rings. The number of aromatic nitrogens is 2. The summed E-state index contributed by atoms with van der Waals surface area (Å²) in [7, 11) is 6.98. The van der Waals surface area contributed by atoms with Gasteiger partial charge in [-0.3, -0.25) is 14.5 Å². The maximum Gasteiger partial charge on any atom is 0.241 e. The molecule has 0 bridgehead atoms. The fraction of sp³-hybridized carbons (Fsp3) is 0.545. The number of nitrogens with one attached hydrogen (secondary N) is 2. The second kappa shape index (κ2) is 6.63. The van der Waals surface area contributed by atoms with Gasteiger partial charge in [0.2, 0.25) is 5.91 Å². The van der Waals surface area contributed by atoms with Gasteiger partial charge in [-0.1, -0.05) is 0 Å². The Morgan fingerprint density at radius 2 is 2.22 bits per heavy atom. The summed E-state index contributed by atoms with van der Waals surface area (Å²) >= 11 is 0. The number of carbonyl (C=O) groups excluding carboxylic acids is 1. The summed E-state index contributed by atoms with van der Waals surface area (Å²) in [5.41, 5.74) is 1.04. The van der Waals surface area contributed by atoms with Gasteiger partial charge in [-0.25, -0.2) is 0 Å². The highest BCUT2D eigenvalue weighted by Gasteiger charge is 2.05. The molecule has 0 saturated heterocycles. The number of nitrogens with zero attached hydrogens (tertiary/aromatic N) is 4. The van der Waals surface area contributed by atoms with Gasteiger partial charge in [0.15, 0.2) is 5.96 Å². The van der Waals surface area contributed by atoms with Crippen molar-refractivity contribution in [3.8, 4) is 0 Å². The molecule has 7 heteroatoms.